The Balaban J connectivity index is 1.81. The molecule has 1 amide bonds. The molecule has 0 radical (unpaired) electrons. The molecule has 4 heteroatoms. The Morgan fingerprint density at radius 2 is 2.14 bits per heavy atom. The number of carboxylic acid groups (broad SMARTS) is 1. The maximum atomic E-state index is 12.7. The Labute approximate surface area is 131 Å². The fraction of sp³-hybridized carbons (Fsp3) is 0.556. The molecule has 1 N–H and O–H groups in total. The minimum atomic E-state index is -0.740. The summed E-state index contributed by atoms with van der Waals surface area (Å²) in [5, 5.41) is 9.67. The summed E-state index contributed by atoms with van der Waals surface area (Å²) in [4.78, 5) is 26.4. The molecule has 0 aromatic heterocycles. The third-order valence-electron chi connectivity index (χ3n) is 5.52. The number of carbonyl (C=O) groups excluding carboxylic acids is 1. The van der Waals surface area contributed by atoms with Gasteiger partial charge >= 0.3 is 5.97 Å². The Kier molecular flexibility index (Phi) is 3.71. The second-order valence-corrected chi connectivity index (χ2v) is 6.73. The summed E-state index contributed by atoms with van der Waals surface area (Å²) in [6.07, 6.45) is 3.35. The zero-order chi connectivity index (χ0) is 15.9. The molecule has 2 bridgehead atoms. The van der Waals surface area contributed by atoms with Gasteiger partial charge in [0.15, 0.2) is 0 Å². The second-order valence-electron chi connectivity index (χ2n) is 6.73. The van der Waals surface area contributed by atoms with Gasteiger partial charge in [-0.15, -0.1) is 0 Å². The number of hydrogen-bond donors (Lipinski definition) is 1. The lowest BCUT2D eigenvalue weighted by molar-refractivity contribution is -0.151. The molecule has 0 unspecified atom stereocenters. The smallest absolute Gasteiger partial charge is 0.311 e. The molecule has 3 rings (SSSR count). The molecule has 1 aromatic carbocycles. The van der Waals surface area contributed by atoms with E-state index in [1.165, 1.54) is 0 Å². The van der Waals surface area contributed by atoms with E-state index in [0.29, 0.717) is 19.3 Å². The lowest BCUT2D eigenvalue weighted by Gasteiger charge is -2.32. The summed E-state index contributed by atoms with van der Waals surface area (Å²) >= 11 is 0. The molecule has 2 fully saturated rings. The SMILES string of the molecule is CC[C@@]1(C(=O)O)C[C@@H]2CC[C@H]1N2C(=O)Cc1cccc(C)c1. The molecule has 1 aromatic rings. The van der Waals surface area contributed by atoms with E-state index < -0.39 is 11.4 Å². The zero-order valence-corrected chi connectivity index (χ0v) is 13.2. The van der Waals surface area contributed by atoms with Gasteiger partial charge in [0.2, 0.25) is 5.91 Å². The summed E-state index contributed by atoms with van der Waals surface area (Å²) in [5.74, 6) is -0.662. The number of carboxylic acids is 1. The summed E-state index contributed by atoms with van der Waals surface area (Å²) in [7, 11) is 0. The van der Waals surface area contributed by atoms with E-state index in [1.54, 1.807) is 0 Å². The highest BCUT2D eigenvalue weighted by molar-refractivity contribution is 5.84. The molecular formula is C18H23NO3. The number of amides is 1. The van der Waals surface area contributed by atoms with Crippen molar-refractivity contribution >= 4 is 11.9 Å². The molecule has 2 heterocycles. The van der Waals surface area contributed by atoms with E-state index in [9.17, 15) is 14.7 Å². The number of fused-ring (bicyclic) bond motifs is 2. The van der Waals surface area contributed by atoms with E-state index in [2.05, 4.69) is 0 Å². The molecule has 118 valence electrons. The van der Waals surface area contributed by atoms with Crippen LogP contribution in [0.15, 0.2) is 24.3 Å². The van der Waals surface area contributed by atoms with E-state index >= 15 is 0 Å². The van der Waals surface area contributed by atoms with Crippen LogP contribution in [0.3, 0.4) is 0 Å². The second kappa shape index (κ2) is 5.41. The Morgan fingerprint density at radius 1 is 1.36 bits per heavy atom. The lowest BCUT2D eigenvalue weighted by atomic mass is 9.72. The average molecular weight is 301 g/mol. The minimum absolute atomic E-state index is 0.0784. The number of aryl methyl sites for hydroxylation is 1. The predicted molar refractivity (Wildman–Crippen MR) is 83.5 cm³/mol. The predicted octanol–water partition coefficient (Wildman–Crippen LogP) is 2.78. The average Bonchev–Trinajstić information content (AvgIpc) is 3.03. The molecule has 2 saturated heterocycles. The minimum Gasteiger partial charge on any atom is -0.481 e. The molecule has 0 saturated carbocycles. The highest BCUT2D eigenvalue weighted by Crippen LogP contribution is 2.52. The normalized spacial score (nSPS) is 29.8. The van der Waals surface area contributed by atoms with E-state index in [-0.39, 0.29) is 18.0 Å². The summed E-state index contributed by atoms with van der Waals surface area (Å²) in [5.41, 5.74) is 1.42. The Bertz CT molecular complexity index is 612. The van der Waals surface area contributed by atoms with Crippen molar-refractivity contribution in [2.24, 2.45) is 5.41 Å². The van der Waals surface area contributed by atoms with Gasteiger partial charge in [-0.1, -0.05) is 36.8 Å². The summed E-state index contributed by atoms with van der Waals surface area (Å²) in [6.45, 7) is 3.94. The van der Waals surface area contributed by atoms with Crippen molar-refractivity contribution in [3.8, 4) is 0 Å². The third kappa shape index (κ3) is 2.21. The number of nitrogens with zero attached hydrogens (tertiary/aromatic N) is 1. The van der Waals surface area contributed by atoms with Crippen molar-refractivity contribution in [1.29, 1.82) is 0 Å². The van der Waals surface area contributed by atoms with Crippen LogP contribution in [0.4, 0.5) is 0 Å². The maximum Gasteiger partial charge on any atom is 0.311 e. The van der Waals surface area contributed by atoms with Gasteiger partial charge in [-0.3, -0.25) is 9.59 Å². The topological polar surface area (TPSA) is 57.6 Å². The first-order chi connectivity index (χ1) is 10.5. The number of aliphatic carboxylic acids is 1. The Hall–Kier alpha value is -1.84. The van der Waals surface area contributed by atoms with E-state index in [0.717, 1.165) is 24.0 Å². The molecule has 4 nitrogen and oxygen atoms in total. The number of benzene rings is 1. The number of carbonyl (C=O) groups is 2. The standard InChI is InChI=1S/C18H23NO3/c1-3-18(17(21)22)11-14-7-8-15(18)19(14)16(20)10-13-6-4-5-12(2)9-13/h4-6,9,14-15H,3,7-8,10-11H2,1-2H3,(H,21,22)/t14-,15+,18+/m0/s1. The molecule has 3 atom stereocenters. The lowest BCUT2D eigenvalue weighted by Crippen LogP contribution is -2.45. The van der Waals surface area contributed by atoms with Gasteiger partial charge in [-0.25, -0.2) is 0 Å². The van der Waals surface area contributed by atoms with E-state index in [1.807, 2.05) is 43.0 Å². The van der Waals surface area contributed by atoms with Crippen molar-refractivity contribution in [3.63, 3.8) is 0 Å². The van der Waals surface area contributed by atoms with Crippen LogP contribution in [0.2, 0.25) is 0 Å². The fourth-order valence-electron chi connectivity index (χ4n) is 4.41. The quantitative estimate of drug-likeness (QED) is 0.930. The fourth-order valence-corrected chi connectivity index (χ4v) is 4.41. The molecule has 0 aliphatic carbocycles. The molecule has 2 aliphatic heterocycles. The number of rotatable bonds is 4. The van der Waals surface area contributed by atoms with Crippen LogP contribution in [-0.4, -0.2) is 34.0 Å². The van der Waals surface area contributed by atoms with Gasteiger partial charge in [-0.2, -0.15) is 0 Å². The monoisotopic (exact) mass is 301 g/mol. The van der Waals surface area contributed by atoms with Crippen LogP contribution in [0.25, 0.3) is 0 Å². The molecular weight excluding hydrogens is 278 g/mol. The first-order valence-electron chi connectivity index (χ1n) is 8.08. The van der Waals surface area contributed by atoms with Gasteiger partial charge in [0.1, 0.15) is 0 Å². The summed E-state index contributed by atoms with van der Waals surface area (Å²) < 4.78 is 0. The van der Waals surface area contributed by atoms with Crippen molar-refractivity contribution in [3.05, 3.63) is 35.4 Å². The highest BCUT2D eigenvalue weighted by atomic mass is 16.4. The van der Waals surface area contributed by atoms with Crippen LogP contribution in [0, 0.1) is 12.3 Å². The van der Waals surface area contributed by atoms with Crippen LogP contribution in [0.5, 0.6) is 0 Å². The van der Waals surface area contributed by atoms with E-state index in [4.69, 9.17) is 0 Å². The summed E-state index contributed by atoms with van der Waals surface area (Å²) in [6, 6.07) is 7.95. The van der Waals surface area contributed by atoms with Gasteiger partial charge < -0.3 is 10.0 Å². The highest BCUT2D eigenvalue weighted by Gasteiger charge is 2.60. The van der Waals surface area contributed by atoms with Crippen molar-refractivity contribution in [2.75, 3.05) is 0 Å². The zero-order valence-electron chi connectivity index (χ0n) is 13.2. The van der Waals surface area contributed by atoms with Gasteiger partial charge in [0.25, 0.3) is 0 Å². The van der Waals surface area contributed by atoms with Crippen molar-refractivity contribution in [2.45, 2.75) is 58.0 Å². The number of hydrogen-bond acceptors (Lipinski definition) is 2. The van der Waals surface area contributed by atoms with Gasteiger partial charge in [-0.05, 0) is 38.2 Å². The van der Waals surface area contributed by atoms with Crippen LogP contribution in [-0.2, 0) is 16.0 Å². The van der Waals surface area contributed by atoms with Crippen LogP contribution < -0.4 is 0 Å². The van der Waals surface area contributed by atoms with Crippen LogP contribution in [0.1, 0.15) is 43.7 Å². The molecule has 2 aliphatic rings. The maximum absolute atomic E-state index is 12.7. The van der Waals surface area contributed by atoms with Crippen molar-refractivity contribution < 1.29 is 14.7 Å². The molecule has 0 spiro atoms. The van der Waals surface area contributed by atoms with Gasteiger partial charge in [0, 0.05) is 12.1 Å². The first-order valence-corrected chi connectivity index (χ1v) is 8.08. The largest absolute Gasteiger partial charge is 0.481 e. The third-order valence-corrected chi connectivity index (χ3v) is 5.52. The van der Waals surface area contributed by atoms with Crippen molar-refractivity contribution in [1.82, 2.24) is 4.90 Å². The molecule has 22 heavy (non-hydrogen) atoms. The first kappa shape index (κ1) is 15.1. The Morgan fingerprint density at radius 3 is 2.73 bits per heavy atom. The van der Waals surface area contributed by atoms with Crippen LogP contribution >= 0.6 is 0 Å². The van der Waals surface area contributed by atoms with Gasteiger partial charge in [0.05, 0.1) is 11.8 Å².